The van der Waals surface area contributed by atoms with E-state index in [-0.39, 0.29) is 0 Å². The fourth-order valence-corrected chi connectivity index (χ4v) is 0.362. The third-order valence-electron chi connectivity index (χ3n) is 0.658. The Balaban J connectivity index is -0.000000175. The van der Waals surface area contributed by atoms with Gasteiger partial charge in [0.05, 0.1) is 0 Å². The largest absolute Gasteiger partial charge is 0.148 e. The molecule has 74 valence electrons. The Kier molecular flexibility index (Phi) is 25.3. The topological polar surface area (TPSA) is 0 Å². The molecule has 0 saturated carbocycles. The number of thiol groups is 1. The molecule has 0 saturated heterocycles. The normalized spacial score (nSPS) is 8.50. The van der Waals surface area contributed by atoms with Crippen LogP contribution in [-0.2, 0) is 0 Å². The molecule has 0 aliphatic heterocycles. The molecule has 0 spiro atoms. The van der Waals surface area contributed by atoms with E-state index < -0.39 is 0 Å². The molecule has 1 heteroatoms. The summed E-state index contributed by atoms with van der Waals surface area (Å²) in [4.78, 5) is 1.05. The van der Waals surface area contributed by atoms with Crippen molar-refractivity contribution in [2.24, 2.45) is 0 Å². The molecule has 0 bridgehead atoms. The zero-order valence-electron chi connectivity index (χ0n) is 9.60. The van der Waals surface area contributed by atoms with Gasteiger partial charge in [0, 0.05) is 0 Å². The van der Waals surface area contributed by atoms with Gasteiger partial charge in [-0.3, -0.25) is 0 Å². The van der Waals surface area contributed by atoms with E-state index in [9.17, 15) is 0 Å². The van der Waals surface area contributed by atoms with Crippen molar-refractivity contribution >= 4 is 12.6 Å². The lowest BCUT2D eigenvalue weighted by Crippen LogP contribution is -1.60. The summed E-state index contributed by atoms with van der Waals surface area (Å²) in [5.74, 6) is 0. The van der Waals surface area contributed by atoms with E-state index in [1.807, 2.05) is 46.8 Å². The summed E-state index contributed by atoms with van der Waals surface area (Å²) >= 11 is 4.09. The summed E-state index contributed by atoms with van der Waals surface area (Å²) in [5, 5.41) is 0. The Hall–Kier alpha value is -0.170. The van der Waals surface area contributed by atoms with Crippen molar-refractivity contribution in [2.45, 2.75) is 48.5 Å². The molecule has 0 rings (SSSR count). The summed E-state index contributed by atoms with van der Waals surface area (Å²) in [7, 11) is 0. The highest BCUT2D eigenvalue weighted by Gasteiger charge is 1.72. The van der Waals surface area contributed by atoms with Crippen molar-refractivity contribution < 1.29 is 0 Å². The van der Waals surface area contributed by atoms with Gasteiger partial charge in [0.25, 0.3) is 0 Å². The summed E-state index contributed by atoms with van der Waals surface area (Å²) in [6.45, 7) is 14.1. The van der Waals surface area contributed by atoms with Crippen LogP contribution in [0.15, 0.2) is 22.6 Å². The molecule has 0 aromatic carbocycles. The Morgan fingerprint density at radius 1 is 0.833 bits per heavy atom. The lowest BCUT2D eigenvalue weighted by atomic mass is 10.3. The van der Waals surface area contributed by atoms with E-state index in [0.29, 0.717) is 0 Å². The van der Waals surface area contributed by atoms with Gasteiger partial charge in [-0.25, -0.2) is 0 Å². The van der Waals surface area contributed by atoms with Gasteiger partial charge in [-0.1, -0.05) is 45.4 Å². The third-order valence-corrected chi connectivity index (χ3v) is 0.807. The average molecular weight is 188 g/mol. The van der Waals surface area contributed by atoms with Crippen LogP contribution in [0.4, 0.5) is 0 Å². The first kappa shape index (κ1) is 17.8. The van der Waals surface area contributed by atoms with Crippen LogP contribution in [0.3, 0.4) is 0 Å². The molecule has 0 aliphatic carbocycles. The molecule has 0 fully saturated rings. The Morgan fingerprint density at radius 2 is 1.17 bits per heavy atom. The lowest BCUT2D eigenvalue weighted by Gasteiger charge is -1.83. The smallest absolute Gasteiger partial charge is 0.0215 e. The molecular formula is C11H24S. The van der Waals surface area contributed by atoms with Gasteiger partial charge in [-0.15, -0.1) is 12.6 Å². The van der Waals surface area contributed by atoms with Crippen molar-refractivity contribution in [3.05, 3.63) is 22.6 Å². The minimum Gasteiger partial charge on any atom is -0.148 e. The first-order valence-electron chi connectivity index (χ1n) is 4.63. The molecule has 0 unspecified atom stereocenters. The van der Waals surface area contributed by atoms with E-state index in [2.05, 4.69) is 26.5 Å². The highest BCUT2D eigenvalue weighted by Crippen LogP contribution is 1.98. The molecule has 0 aromatic heterocycles. The van der Waals surface area contributed by atoms with E-state index >= 15 is 0 Å². The van der Waals surface area contributed by atoms with Crippen molar-refractivity contribution in [2.75, 3.05) is 0 Å². The second-order valence-electron chi connectivity index (χ2n) is 2.05. The van der Waals surface area contributed by atoms with Crippen molar-refractivity contribution in [1.29, 1.82) is 0 Å². The van der Waals surface area contributed by atoms with E-state index in [1.165, 1.54) is 5.57 Å². The predicted molar refractivity (Wildman–Crippen MR) is 64.9 cm³/mol. The second kappa shape index (κ2) is 17.1. The van der Waals surface area contributed by atoms with Crippen LogP contribution in [0, 0.1) is 0 Å². The number of hydrogen-bond donors (Lipinski definition) is 1. The van der Waals surface area contributed by atoms with Crippen LogP contribution >= 0.6 is 12.6 Å². The lowest BCUT2D eigenvalue weighted by molar-refractivity contribution is 1.39. The number of hydrogen-bond acceptors (Lipinski definition) is 1. The minimum atomic E-state index is 1.05. The Labute approximate surface area is 84.2 Å². The summed E-state index contributed by atoms with van der Waals surface area (Å²) in [6.07, 6.45) is 4.03. The molecule has 0 radical (unpaired) electrons. The second-order valence-corrected chi connectivity index (χ2v) is 2.76. The molecule has 12 heavy (non-hydrogen) atoms. The van der Waals surface area contributed by atoms with Crippen LogP contribution < -0.4 is 0 Å². The first-order chi connectivity index (χ1) is 5.63. The van der Waals surface area contributed by atoms with Crippen LogP contribution in [-0.4, -0.2) is 0 Å². The van der Waals surface area contributed by atoms with Gasteiger partial charge in [-0.2, -0.15) is 0 Å². The highest BCUT2D eigenvalue weighted by atomic mass is 32.1. The summed E-state index contributed by atoms with van der Waals surface area (Å²) < 4.78 is 0. The van der Waals surface area contributed by atoms with E-state index in [1.54, 1.807) is 0 Å². The minimum absolute atomic E-state index is 1.05. The van der Waals surface area contributed by atoms with Gasteiger partial charge >= 0.3 is 0 Å². The molecule has 0 amide bonds. The summed E-state index contributed by atoms with van der Waals surface area (Å²) in [6, 6.07) is 0. The van der Waals surface area contributed by atoms with Crippen molar-refractivity contribution in [3.63, 3.8) is 0 Å². The molecule has 0 N–H and O–H groups in total. The number of rotatable bonds is 1. The first-order valence-corrected chi connectivity index (χ1v) is 5.08. The predicted octanol–water partition coefficient (Wildman–Crippen LogP) is 4.84. The monoisotopic (exact) mass is 188 g/mol. The SMILES string of the molecule is CC.CC.CC(C)=C/C=C(\C)S. The molecule has 0 aromatic rings. The maximum atomic E-state index is 4.09. The number of allylic oxidation sites excluding steroid dienone is 4. The van der Waals surface area contributed by atoms with Crippen LogP contribution in [0.25, 0.3) is 0 Å². The molecule has 0 atom stereocenters. The Morgan fingerprint density at radius 3 is 1.25 bits per heavy atom. The van der Waals surface area contributed by atoms with E-state index in [4.69, 9.17) is 0 Å². The van der Waals surface area contributed by atoms with Gasteiger partial charge in [0.15, 0.2) is 0 Å². The van der Waals surface area contributed by atoms with Crippen molar-refractivity contribution in [3.8, 4) is 0 Å². The fourth-order valence-electron chi connectivity index (χ4n) is 0.287. The van der Waals surface area contributed by atoms with Crippen LogP contribution in [0.2, 0.25) is 0 Å². The van der Waals surface area contributed by atoms with Crippen LogP contribution in [0.1, 0.15) is 48.5 Å². The highest BCUT2D eigenvalue weighted by molar-refractivity contribution is 7.84. The van der Waals surface area contributed by atoms with Gasteiger partial charge in [-0.05, 0) is 25.7 Å². The van der Waals surface area contributed by atoms with Crippen LogP contribution in [0.5, 0.6) is 0 Å². The average Bonchev–Trinajstić information content (AvgIpc) is 2.08. The van der Waals surface area contributed by atoms with Crippen molar-refractivity contribution in [1.82, 2.24) is 0 Å². The Bertz CT molecular complexity index is 97.0. The molecular weight excluding hydrogens is 164 g/mol. The molecule has 0 aliphatic rings. The third kappa shape index (κ3) is 32.9. The maximum absolute atomic E-state index is 4.09. The van der Waals surface area contributed by atoms with E-state index in [0.717, 1.165) is 4.91 Å². The van der Waals surface area contributed by atoms with Gasteiger partial charge < -0.3 is 0 Å². The van der Waals surface area contributed by atoms with Gasteiger partial charge in [0.1, 0.15) is 0 Å². The molecule has 0 nitrogen and oxygen atoms in total. The fraction of sp³-hybridized carbons (Fsp3) is 0.636. The molecule has 0 heterocycles. The summed E-state index contributed by atoms with van der Waals surface area (Å²) in [5.41, 5.74) is 1.30. The quantitative estimate of drug-likeness (QED) is 0.442. The standard InChI is InChI=1S/C7H12S.2C2H6/c1-6(2)4-5-7(3)8;2*1-2/h4-5,8H,1-3H3;2*1-2H3/b7-5+;;. The zero-order chi connectivity index (χ0) is 10.6. The zero-order valence-corrected chi connectivity index (χ0v) is 10.5. The maximum Gasteiger partial charge on any atom is -0.0215 e. The van der Waals surface area contributed by atoms with Gasteiger partial charge in [0.2, 0.25) is 0 Å².